The van der Waals surface area contributed by atoms with Crippen molar-refractivity contribution in [2.24, 2.45) is 17.8 Å². The lowest BCUT2D eigenvalue weighted by Crippen LogP contribution is -2.68. The highest BCUT2D eigenvalue weighted by Gasteiger charge is 2.48. The van der Waals surface area contributed by atoms with Gasteiger partial charge in [0, 0.05) is 64.3 Å². The molecule has 228 valence electrons. The predicted octanol–water partition coefficient (Wildman–Crippen LogP) is -0.727. The zero-order valence-electron chi connectivity index (χ0n) is 23.1. The van der Waals surface area contributed by atoms with Crippen LogP contribution in [0.2, 0.25) is 0 Å². The molecule has 0 aliphatic carbocycles. The zero-order valence-corrected chi connectivity index (χ0v) is 24.7. The van der Waals surface area contributed by atoms with E-state index < -0.39 is 24.7 Å². The van der Waals surface area contributed by atoms with E-state index in [0.29, 0.717) is 32.2 Å². The minimum absolute atomic E-state index is 0.0000529. The molecule has 5 fully saturated rings. The Bertz CT molecular complexity index is 901. The Balaban J connectivity index is 1.14. The van der Waals surface area contributed by atoms with Gasteiger partial charge in [0.1, 0.15) is 11.7 Å². The van der Waals surface area contributed by atoms with Gasteiger partial charge in [0.2, 0.25) is 5.91 Å². The van der Waals surface area contributed by atoms with E-state index in [1.807, 2.05) is 0 Å². The summed E-state index contributed by atoms with van der Waals surface area (Å²) in [6, 6.07) is -0.906. The molecule has 0 aromatic heterocycles. The van der Waals surface area contributed by atoms with Gasteiger partial charge in [0.15, 0.2) is 0 Å². The van der Waals surface area contributed by atoms with Crippen LogP contribution in [0, 0.1) is 17.8 Å². The van der Waals surface area contributed by atoms with Gasteiger partial charge in [-0.15, -0.1) is 23.4 Å². The second-order valence-electron chi connectivity index (χ2n) is 11.6. The van der Waals surface area contributed by atoms with Gasteiger partial charge < -0.3 is 25.0 Å². The standard InChI is InChI=1S/C25H42ClF2N7O4S/c1-11-4-12(13-5-19(26)30-7-16(13)38-2)14(6-29-11)23(36)34-25-32-15-9-35(10-18(15)40-25)24(37)22-31-8-17(39-3)20(33-22)21(27)28/h11-22,25,29-33H,4-10H2,1-3H3,(H,34,36). The van der Waals surface area contributed by atoms with Gasteiger partial charge in [-0.3, -0.25) is 30.9 Å². The normalized spacial score (nSPS) is 44.0. The van der Waals surface area contributed by atoms with Crippen molar-refractivity contribution in [2.75, 3.05) is 46.9 Å². The third-order valence-corrected chi connectivity index (χ3v) is 10.8. The molecule has 11 nitrogen and oxygen atoms in total. The van der Waals surface area contributed by atoms with E-state index in [0.717, 1.165) is 12.8 Å². The minimum Gasteiger partial charge on any atom is -0.380 e. The predicted molar refractivity (Wildman–Crippen MR) is 148 cm³/mol. The summed E-state index contributed by atoms with van der Waals surface area (Å²) in [6.07, 6.45) is -2.61. The van der Waals surface area contributed by atoms with Gasteiger partial charge in [-0.1, -0.05) is 0 Å². The maximum Gasteiger partial charge on any atom is 0.256 e. The van der Waals surface area contributed by atoms with Crippen molar-refractivity contribution in [1.82, 2.24) is 36.8 Å². The molecule has 0 aromatic rings. The average molecular weight is 610 g/mol. The SMILES string of the molecule is COC1CNC(Cl)CC1C1CC(C)NCC1C(=O)NC1NC2CN(C(=O)C3NCC(OC)C(C(F)F)N3)CC2S1. The Morgan fingerprint density at radius 1 is 1.00 bits per heavy atom. The van der Waals surface area contributed by atoms with E-state index >= 15 is 0 Å². The van der Waals surface area contributed by atoms with Crippen molar-refractivity contribution in [3.8, 4) is 0 Å². The van der Waals surface area contributed by atoms with E-state index in [9.17, 15) is 18.4 Å². The lowest BCUT2D eigenvalue weighted by Gasteiger charge is -2.45. The monoisotopic (exact) mass is 609 g/mol. The van der Waals surface area contributed by atoms with Crippen molar-refractivity contribution in [3.63, 3.8) is 0 Å². The molecule has 6 N–H and O–H groups in total. The zero-order chi connectivity index (χ0) is 28.6. The fourth-order valence-electron chi connectivity index (χ4n) is 6.97. The van der Waals surface area contributed by atoms with E-state index in [4.69, 9.17) is 21.1 Å². The highest BCUT2D eigenvalue weighted by Crippen LogP contribution is 2.38. The first-order valence-electron chi connectivity index (χ1n) is 14.1. The first-order chi connectivity index (χ1) is 19.2. The molecule has 0 radical (unpaired) electrons. The maximum absolute atomic E-state index is 13.6. The number of likely N-dealkylation sites (tertiary alicyclic amines) is 1. The summed E-state index contributed by atoms with van der Waals surface area (Å²) in [5, 5.41) is 19.2. The van der Waals surface area contributed by atoms with Crippen LogP contribution in [0.15, 0.2) is 0 Å². The van der Waals surface area contributed by atoms with Gasteiger partial charge >= 0.3 is 0 Å². The third-order valence-electron chi connectivity index (χ3n) is 9.15. The average Bonchev–Trinajstić information content (AvgIpc) is 3.51. The lowest BCUT2D eigenvalue weighted by molar-refractivity contribution is -0.136. The molecule has 2 amide bonds. The van der Waals surface area contributed by atoms with Crippen LogP contribution < -0.4 is 31.9 Å². The van der Waals surface area contributed by atoms with Gasteiger partial charge in [0.05, 0.1) is 29.7 Å². The summed E-state index contributed by atoms with van der Waals surface area (Å²) >= 11 is 8.05. The number of carbonyl (C=O) groups excluding carboxylic acids is 2. The Kier molecular flexibility index (Phi) is 10.1. The smallest absolute Gasteiger partial charge is 0.256 e. The minimum atomic E-state index is -2.64. The van der Waals surface area contributed by atoms with Crippen LogP contribution in [0.3, 0.4) is 0 Å². The largest absolute Gasteiger partial charge is 0.380 e. The summed E-state index contributed by atoms with van der Waals surface area (Å²) in [5.41, 5.74) is -0.396. The molecule has 12 unspecified atom stereocenters. The highest BCUT2D eigenvalue weighted by atomic mass is 35.5. The number of carbonyl (C=O) groups is 2. The molecule has 5 aliphatic heterocycles. The van der Waals surface area contributed by atoms with Crippen molar-refractivity contribution >= 4 is 35.2 Å². The van der Waals surface area contributed by atoms with Crippen molar-refractivity contribution in [3.05, 3.63) is 0 Å². The first-order valence-corrected chi connectivity index (χ1v) is 15.5. The number of methoxy groups -OCH3 is 2. The number of amides is 2. The van der Waals surface area contributed by atoms with Crippen LogP contribution in [-0.2, 0) is 19.1 Å². The van der Waals surface area contributed by atoms with Crippen LogP contribution in [-0.4, -0.2) is 123 Å². The fraction of sp³-hybridized carbons (Fsp3) is 0.920. The molecule has 15 heteroatoms. The molecule has 5 aliphatic rings. The number of alkyl halides is 3. The van der Waals surface area contributed by atoms with E-state index in [1.165, 1.54) is 7.11 Å². The van der Waals surface area contributed by atoms with Gasteiger partial charge in [-0.05, 0) is 31.6 Å². The van der Waals surface area contributed by atoms with Gasteiger partial charge in [-0.25, -0.2) is 8.78 Å². The molecule has 0 aromatic carbocycles. The molecule has 40 heavy (non-hydrogen) atoms. The van der Waals surface area contributed by atoms with Crippen LogP contribution in [0.1, 0.15) is 19.8 Å². The molecule has 0 spiro atoms. The number of fused-ring (bicyclic) bond motifs is 1. The Morgan fingerprint density at radius 2 is 1.75 bits per heavy atom. The number of hydrogen-bond donors (Lipinski definition) is 6. The molecule has 0 bridgehead atoms. The summed E-state index contributed by atoms with van der Waals surface area (Å²) in [4.78, 5) is 28.4. The molecular weight excluding hydrogens is 568 g/mol. The summed E-state index contributed by atoms with van der Waals surface area (Å²) < 4.78 is 37.9. The second-order valence-corrected chi connectivity index (χ2v) is 13.5. The van der Waals surface area contributed by atoms with E-state index in [-0.39, 0.29) is 64.5 Å². The quantitative estimate of drug-likeness (QED) is 0.163. The molecule has 5 heterocycles. The second kappa shape index (κ2) is 13.2. The van der Waals surface area contributed by atoms with Crippen LogP contribution in [0.5, 0.6) is 0 Å². The lowest BCUT2D eigenvalue weighted by atomic mass is 9.70. The van der Waals surface area contributed by atoms with Crippen LogP contribution in [0.4, 0.5) is 8.78 Å². The third kappa shape index (κ3) is 6.55. The number of ether oxygens (including phenoxy) is 2. The molecule has 0 saturated carbocycles. The van der Waals surface area contributed by atoms with Crippen molar-refractivity contribution in [2.45, 2.75) is 78.9 Å². The number of halogens is 3. The number of rotatable bonds is 7. The van der Waals surface area contributed by atoms with Crippen molar-refractivity contribution in [1.29, 1.82) is 0 Å². The van der Waals surface area contributed by atoms with E-state index in [1.54, 1.807) is 23.8 Å². The van der Waals surface area contributed by atoms with Gasteiger partial charge in [0.25, 0.3) is 12.3 Å². The topological polar surface area (TPSA) is 128 Å². The summed E-state index contributed by atoms with van der Waals surface area (Å²) in [5.74, 6) is -0.126. The van der Waals surface area contributed by atoms with Gasteiger partial charge in [-0.2, -0.15) is 0 Å². The number of nitrogens with zero attached hydrogens (tertiary/aromatic N) is 1. The number of piperidine rings is 2. The Labute approximate surface area is 243 Å². The fourth-order valence-corrected chi connectivity index (χ4v) is 8.67. The Morgan fingerprint density at radius 3 is 2.45 bits per heavy atom. The number of thioether (sulfide) groups is 1. The molecular formula is C25H42ClF2N7O4S. The molecule has 5 rings (SSSR count). The molecule has 5 saturated heterocycles. The first kappa shape index (κ1) is 30.6. The van der Waals surface area contributed by atoms with E-state index in [2.05, 4.69) is 38.8 Å². The van der Waals surface area contributed by atoms with Crippen LogP contribution >= 0.6 is 23.4 Å². The summed E-state index contributed by atoms with van der Waals surface area (Å²) in [6.45, 7) is 4.51. The Hall–Kier alpha value is -0.840. The number of hydrogen-bond acceptors (Lipinski definition) is 10. The molecule has 12 atom stereocenters. The van der Waals surface area contributed by atoms with Crippen molar-refractivity contribution < 1.29 is 27.8 Å². The summed E-state index contributed by atoms with van der Waals surface area (Å²) in [7, 11) is 3.10. The highest BCUT2D eigenvalue weighted by molar-refractivity contribution is 8.00. The maximum atomic E-state index is 13.6. The number of nitrogens with one attached hydrogen (secondary N) is 6. The van der Waals surface area contributed by atoms with Crippen LogP contribution in [0.25, 0.3) is 0 Å².